The summed E-state index contributed by atoms with van der Waals surface area (Å²) in [5.41, 5.74) is 4.33. The van der Waals surface area contributed by atoms with Crippen LogP contribution < -0.4 is 5.32 Å². The molecule has 0 spiro atoms. The minimum atomic E-state index is -0.781. The Labute approximate surface area is 193 Å². The van der Waals surface area contributed by atoms with Gasteiger partial charge in [0.2, 0.25) is 11.8 Å². The van der Waals surface area contributed by atoms with Crippen molar-refractivity contribution in [2.75, 3.05) is 7.05 Å². The van der Waals surface area contributed by atoms with Crippen molar-refractivity contribution >= 4 is 62.4 Å². The highest BCUT2D eigenvalue weighted by Gasteiger charge is 2.40. The van der Waals surface area contributed by atoms with Crippen molar-refractivity contribution in [2.24, 2.45) is 5.92 Å². The summed E-state index contributed by atoms with van der Waals surface area (Å²) in [6.07, 6.45) is 2.17. The number of carbonyl (C=O) groups excluding carboxylic acids is 2. The number of pyridine rings is 1. The van der Waals surface area contributed by atoms with Crippen molar-refractivity contribution in [1.82, 2.24) is 19.8 Å². The van der Waals surface area contributed by atoms with E-state index in [0.717, 1.165) is 20.9 Å². The smallest absolute Gasteiger partial charge is 0.241 e. The third-order valence-electron chi connectivity index (χ3n) is 6.75. The van der Waals surface area contributed by atoms with Crippen LogP contribution in [-0.2, 0) is 21.4 Å². The van der Waals surface area contributed by atoms with Crippen LogP contribution in [-0.4, -0.2) is 38.4 Å². The zero-order chi connectivity index (χ0) is 22.4. The molecule has 160 valence electrons. The maximum Gasteiger partial charge on any atom is 0.241 e. The Kier molecular flexibility index (Phi) is 3.95. The molecule has 0 radical (unpaired) electrons. The van der Waals surface area contributed by atoms with E-state index in [4.69, 9.17) is 17.2 Å². The highest BCUT2D eigenvalue weighted by atomic mass is 32.1. The summed E-state index contributed by atoms with van der Waals surface area (Å²) in [5, 5.41) is 6.23. The van der Waals surface area contributed by atoms with Crippen LogP contribution in [0, 0.1) is 5.92 Å². The molecule has 2 aliphatic heterocycles. The predicted molar refractivity (Wildman–Crippen MR) is 129 cm³/mol. The van der Waals surface area contributed by atoms with Crippen molar-refractivity contribution in [1.29, 1.82) is 0 Å². The monoisotopic (exact) mass is 460 g/mol. The lowest BCUT2D eigenvalue weighted by atomic mass is 9.76. The molecular formula is C24H20N4O2S2. The molecule has 1 unspecified atom stereocenters. The van der Waals surface area contributed by atoms with E-state index in [1.54, 1.807) is 18.4 Å². The largest absolute Gasteiger partial charge is 0.302 e. The molecule has 2 amide bonds. The van der Waals surface area contributed by atoms with E-state index < -0.39 is 5.92 Å². The van der Waals surface area contributed by atoms with Crippen molar-refractivity contribution in [3.8, 4) is 5.00 Å². The van der Waals surface area contributed by atoms with Gasteiger partial charge in [-0.1, -0.05) is 32.0 Å². The molecule has 0 aliphatic carbocycles. The molecule has 1 N–H and O–H groups in total. The van der Waals surface area contributed by atoms with Gasteiger partial charge in [-0.05, 0) is 41.5 Å². The van der Waals surface area contributed by atoms with Gasteiger partial charge in [-0.2, -0.15) is 0 Å². The molecule has 1 fully saturated rings. The van der Waals surface area contributed by atoms with Crippen molar-refractivity contribution in [3.05, 3.63) is 58.6 Å². The lowest BCUT2D eigenvalue weighted by Gasteiger charge is -2.32. The van der Waals surface area contributed by atoms with Crippen molar-refractivity contribution < 1.29 is 9.59 Å². The highest BCUT2D eigenvalue weighted by Crippen LogP contribution is 2.49. The molecule has 1 saturated heterocycles. The molecule has 0 saturated carbocycles. The first kappa shape index (κ1) is 19.6. The fourth-order valence-corrected chi connectivity index (χ4v) is 6.55. The van der Waals surface area contributed by atoms with Gasteiger partial charge in [-0.25, -0.2) is 4.98 Å². The van der Waals surface area contributed by atoms with Gasteiger partial charge in [0.1, 0.15) is 16.6 Å². The Morgan fingerprint density at radius 3 is 2.75 bits per heavy atom. The number of thiophene rings is 1. The second kappa shape index (κ2) is 6.46. The number of fused-ring (bicyclic) bond motifs is 5. The molecule has 2 aliphatic rings. The Morgan fingerprint density at radius 1 is 1.16 bits per heavy atom. The van der Waals surface area contributed by atoms with Crippen molar-refractivity contribution in [3.63, 3.8) is 0 Å². The summed E-state index contributed by atoms with van der Waals surface area (Å²) in [4.78, 5) is 32.4. The second-order valence-electron chi connectivity index (χ2n) is 8.92. The minimum absolute atomic E-state index is 0.158. The van der Waals surface area contributed by atoms with E-state index in [1.165, 1.54) is 26.9 Å². The molecule has 4 aromatic rings. The maximum absolute atomic E-state index is 12.8. The number of hydrogen-bond acceptors (Lipinski definition) is 5. The van der Waals surface area contributed by atoms with Crippen LogP contribution >= 0.6 is 23.6 Å². The number of nitrogens with zero attached hydrogens (tertiary/aromatic N) is 3. The number of benzene rings is 1. The standard InChI is InChI=1S/C24H20N4O2S2/c1-24(2)16-8-4-6-13-14-7-5-9-25-19(14)28(18(13)16)22-17(24)11-12(32-22)10-15-20(29)26-23(31)27(3)21(15)30/h4-9,11,15H,10H2,1-3H3,(H,26,29,31). The normalized spacial score (nSPS) is 19.5. The van der Waals surface area contributed by atoms with Crippen LogP contribution in [0.5, 0.6) is 0 Å². The summed E-state index contributed by atoms with van der Waals surface area (Å²) < 4.78 is 2.25. The highest BCUT2D eigenvalue weighted by molar-refractivity contribution is 7.80. The summed E-state index contributed by atoms with van der Waals surface area (Å²) in [6.45, 7) is 4.47. The first-order valence-corrected chi connectivity index (χ1v) is 11.7. The van der Waals surface area contributed by atoms with Crippen molar-refractivity contribution in [2.45, 2.75) is 25.7 Å². The SMILES string of the molecule is CN1C(=O)C(Cc2cc3c(s2)-n2c4ncccc4c4cccc(c42)C3(C)C)C(=O)NC1=S. The molecule has 6 rings (SSSR count). The molecule has 3 aromatic heterocycles. The Hall–Kier alpha value is -3.10. The summed E-state index contributed by atoms with van der Waals surface area (Å²) >= 11 is 6.71. The lowest BCUT2D eigenvalue weighted by Crippen LogP contribution is -2.56. The van der Waals surface area contributed by atoms with Gasteiger partial charge in [-0.15, -0.1) is 11.3 Å². The van der Waals surface area contributed by atoms with E-state index in [9.17, 15) is 9.59 Å². The number of carbonyl (C=O) groups is 2. The third-order valence-corrected chi connectivity index (χ3v) is 8.27. The van der Waals surface area contributed by atoms with E-state index in [2.05, 4.69) is 54.1 Å². The van der Waals surface area contributed by atoms with Crippen LogP contribution in [0.1, 0.15) is 29.9 Å². The fourth-order valence-electron chi connectivity index (χ4n) is 4.99. The maximum atomic E-state index is 12.8. The molecule has 32 heavy (non-hydrogen) atoms. The zero-order valence-electron chi connectivity index (χ0n) is 17.8. The number of nitrogens with one attached hydrogen (secondary N) is 1. The van der Waals surface area contributed by atoms with Gasteiger partial charge in [0.15, 0.2) is 5.11 Å². The zero-order valence-corrected chi connectivity index (χ0v) is 19.4. The molecule has 1 atom stereocenters. The Bertz CT molecular complexity index is 1500. The van der Waals surface area contributed by atoms with Crippen LogP contribution in [0.3, 0.4) is 0 Å². The first-order chi connectivity index (χ1) is 15.3. The first-order valence-electron chi connectivity index (χ1n) is 10.4. The number of thiocarbonyl (C=S) groups is 1. The average Bonchev–Trinajstić information content (AvgIpc) is 3.34. The number of hydrogen-bond donors (Lipinski definition) is 1. The third kappa shape index (κ3) is 2.45. The molecule has 5 heterocycles. The second-order valence-corrected chi connectivity index (χ2v) is 10.4. The predicted octanol–water partition coefficient (Wildman–Crippen LogP) is 3.91. The van der Waals surface area contributed by atoms with Crippen LogP contribution in [0.25, 0.3) is 26.9 Å². The summed E-state index contributed by atoms with van der Waals surface area (Å²) in [6, 6.07) is 12.7. The van der Waals surface area contributed by atoms with Crippen LogP contribution in [0.4, 0.5) is 0 Å². The van der Waals surface area contributed by atoms with Gasteiger partial charge < -0.3 is 5.32 Å². The molecule has 1 aromatic carbocycles. The number of para-hydroxylation sites is 1. The van der Waals surface area contributed by atoms with E-state index in [1.807, 2.05) is 12.3 Å². The van der Waals surface area contributed by atoms with E-state index in [0.29, 0.717) is 6.42 Å². The Morgan fingerprint density at radius 2 is 1.94 bits per heavy atom. The van der Waals surface area contributed by atoms with Crippen LogP contribution in [0.2, 0.25) is 0 Å². The van der Waals surface area contributed by atoms with Gasteiger partial charge in [0.05, 0.1) is 5.52 Å². The van der Waals surface area contributed by atoms with E-state index in [-0.39, 0.29) is 22.3 Å². The minimum Gasteiger partial charge on any atom is -0.302 e. The number of rotatable bonds is 2. The summed E-state index contributed by atoms with van der Waals surface area (Å²) in [7, 11) is 1.60. The van der Waals surface area contributed by atoms with Gasteiger partial charge in [-0.3, -0.25) is 19.1 Å². The fraction of sp³-hybridized carbons (Fsp3) is 0.250. The van der Waals surface area contributed by atoms with Gasteiger partial charge in [0, 0.05) is 40.7 Å². The topological polar surface area (TPSA) is 67.2 Å². The number of aromatic nitrogens is 2. The summed E-state index contributed by atoms with van der Waals surface area (Å²) in [5.74, 6) is -1.37. The molecule has 0 bridgehead atoms. The molecule has 8 heteroatoms. The average molecular weight is 461 g/mol. The number of amides is 2. The molecular weight excluding hydrogens is 440 g/mol. The Balaban J connectivity index is 1.54. The lowest BCUT2D eigenvalue weighted by molar-refractivity contribution is -0.140. The van der Waals surface area contributed by atoms with E-state index >= 15 is 0 Å². The quantitative estimate of drug-likeness (QED) is 0.364. The van der Waals surface area contributed by atoms with Gasteiger partial charge in [0.25, 0.3) is 0 Å². The van der Waals surface area contributed by atoms with Crippen LogP contribution in [0.15, 0.2) is 42.6 Å². The molecule has 6 nitrogen and oxygen atoms in total. The van der Waals surface area contributed by atoms with Gasteiger partial charge >= 0.3 is 0 Å².